The molecule has 0 aliphatic heterocycles. The van der Waals surface area contributed by atoms with Crippen LogP contribution in [0.25, 0.3) is 0 Å². The van der Waals surface area contributed by atoms with Crippen LogP contribution in [-0.2, 0) is 0 Å². The van der Waals surface area contributed by atoms with Crippen molar-refractivity contribution in [2.24, 2.45) is 16.7 Å². The standard InChI is InChI=1S/C15H26O/c1-11-7-8-13(15(11,5)6)9-10-14(3,4)12(2)16/h8-12,16H,7H2,1-6H3. The smallest absolute Gasteiger partial charge is 0.0597 e. The van der Waals surface area contributed by atoms with Crippen molar-refractivity contribution in [3.05, 3.63) is 23.8 Å². The van der Waals surface area contributed by atoms with Gasteiger partial charge in [0.25, 0.3) is 0 Å². The van der Waals surface area contributed by atoms with Gasteiger partial charge in [-0.3, -0.25) is 0 Å². The summed E-state index contributed by atoms with van der Waals surface area (Å²) in [7, 11) is 0. The monoisotopic (exact) mass is 222 g/mol. The molecule has 1 rings (SSSR count). The van der Waals surface area contributed by atoms with Crippen LogP contribution in [0.15, 0.2) is 23.8 Å². The molecule has 2 atom stereocenters. The van der Waals surface area contributed by atoms with E-state index in [4.69, 9.17) is 0 Å². The van der Waals surface area contributed by atoms with Gasteiger partial charge in [0.05, 0.1) is 6.10 Å². The van der Waals surface area contributed by atoms with Gasteiger partial charge in [0.1, 0.15) is 0 Å². The van der Waals surface area contributed by atoms with Crippen molar-refractivity contribution < 1.29 is 5.11 Å². The second-order valence-corrected chi connectivity index (χ2v) is 6.35. The van der Waals surface area contributed by atoms with Crippen molar-refractivity contribution in [2.45, 2.75) is 54.1 Å². The molecule has 0 saturated heterocycles. The molecule has 1 heteroatoms. The van der Waals surface area contributed by atoms with Gasteiger partial charge in [0, 0.05) is 5.41 Å². The fraction of sp³-hybridized carbons (Fsp3) is 0.733. The summed E-state index contributed by atoms with van der Waals surface area (Å²) in [6.45, 7) is 12.9. The fourth-order valence-electron chi connectivity index (χ4n) is 1.87. The van der Waals surface area contributed by atoms with E-state index < -0.39 is 0 Å². The normalized spacial score (nSPS) is 27.2. The molecule has 0 heterocycles. The number of rotatable bonds is 3. The summed E-state index contributed by atoms with van der Waals surface area (Å²) in [4.78, 5) is 0. The highest BCUT2D eigenvalue weighted by atomic mass is 16.3. The Kier molecular flexibility index (Phi) is 3.69. The quantitative estimate of drug-likeness (QED) is 0.767. The summed E-state index contributed by atoms with van der Waals surface area (Å²) in [5, 5.41) is 9.67. The predicted octanol–water partition coefficient (Wildman–Crippen LogP) is 3.94. The topological polar surface area (TPSA) is 20.2 Å². The number of aliphatic hydroxyl groups is 1. The van der Waals surface area contributed by atoms with Crippen molar-refractivity contribution in [1.29, 1.82) is 0 Å². The first kappa shape index (κ1) is 13.5. The molecular weight excluding hydrogens is 196 g/mol. The van der Waals surface area contributed by atoms with E-state index in [2.05, 4.69) is 52.8 Å². The third-order valence-corrected chi connectivity index (χ3v) is 4.44. The van der Waals surface area contributed by atoms with Crippen LogP contribution < -0.4 is 0 Å². The average molecular weight is 222 g/mol. The van der Waals surface area contributed by atoms with Gasteiger partial charge in [-0.2, -0.15) is 0 Å². The third kappa shape index (κ3) is 2.57. The van der Waals surface area contributed by atoms with E-state index in [-0.39, 0.29) is 16.9 Å². The van der Waals surface area contributed by atoms with E-state index in [1.807, 2.05) is 6.92 Å². The van der Waals surface area contributed by atoms with Crippen LogP contribution in [-0.4, -0.2) is 11.2 Å². The second-order valence-electron chi connectivity index (χ2n) is 6.35. The van der Waals surface area contributed by atoms with Gasteiger partial charge in [0.15, 0.2) is 0 Å². The van der Waals surface area contributed by atoms with E-state index in [0.29, 0.717) is 5.92 Å². The van der Waals surface area contributed by atoms with Gasteiger partial charge in [-0.1, -0.05) is 52.8 Å². The highest BCUT2D eigenvalue weighted by Crippen LogP contribution is 2.43. The van der Waals surface area contributed by atoms with Crippen molar-refractivity contribution in [2.75, 3.05) is 0 Å². The van der Waals surface area contributed by atoms with E-state index in [1.165, 1.54) is 12.0 Å². The first-order chi connectivity index (χ1) is 7.18. The minimum absolute atomic E-state index is 0.150. The fourth-order valence-corrected chi connectivity index (χ4v) is 1.87. The molecule has 0 aromatic carbocycles. The van der Waals surface area contributed by atoms with E-state index in [9.17, 15) is 5.11 Å². The lowest BCUT2D eigenvalue weighted by Gasteiger charge is -2.28. The Hall–Kier alpha value is -0.560. The molecule has 0 fully saturated rings. The van der Waals surface area contributed by atoms with Gasteiger partial charge >= 0.3 is 0 Å². The number of aliphatic hydroxyl groups excluding tert-OH is 1. The lowest BCUT2D eigenvalue weighted by Crippen LogP contribution is -2.24. The van der Waals surface area contributed by atoms with E-state index >= 15 is 0 Å². The number of allylic oxidation sites excluding steroid dienone is 3. The number of hydrogen-bond acceptors (Lipinski definition) is 1. The zero-order valence-electron chi connectivity index (χ0n) is 11.5. The Morgan fingerprint density at radius 2 is 2.06 bits per heavy atom. The molecule has 0 spiro atoms. The Bertz CT molecular complexity index is 305. The molecule has 0 aromatic rings. The zero-order chi connectivity index (χ0) is 12.6. The van der Waals surface area contributed by atoms with Crippen LogP contribution in [0, 0.1) is 16.7 Å². The summed E-state index contributed by atoms with van der Waals surface area (Å²) < 4.78 is 0. The largest absolute Gasteiger partial charge is 0.393 e. The van der Waals surface area contributed by atoms with Crippen LogP contribution in [0.5, 0.6) is 0 Å². The second kappa shape index (κ2) is 4.37. The maximum atomic E-state index is 9.67. The third-order valence-electron chi connectivity index (χ3n) is 4.44. The minimum Gasteiger partial charge on any atom is -0.393 e. The van der Waals surface area contributed by atoms with Crippen molar-refractivity contribution in [3.8, 4) is 0 Å². The molecule has 0 aromatic heterocycles. The van der Waals surface area contributed by atoms with Crippen LogP contribution >= 0.6 is 0 Å². The average Bonchev–Trinajstić information content (AvgIpc) is 2.39. The SMILES string of the molecule is CC(O)C(C)(C)C=CC1=CCC(C)C1(C)C. The molecule has 16 heavy (non-hydrogen) atoms. The lowest BCUT2D eigenvalue weighted by molar-refractivity contribution is 0.0995. The number of hydrogen-bond donors (Lipinski definition) is 1. The first-order valence-corrected chi connectivity index (χ1v) is 6.26. The summed E-state index contributed by atoms with van der Waals surface area (Å²) >= 11 is 0. The van der Waals surface area contributed by atoms with E-state index in [0.717, 1.165) is 0 Å². The zero-order valence-corrected chi connectivity index (χ0v) is 11.5. The Balaban J connectivity index is 2.80. The molecule has 0 radical (unpaired) electrons. The first-order valence-electron chi connectivity index (χ1n) is 6.26. The van der Waals surface area contributed by atoms with E-state index in [1.54, 1.807) is 0 Å². The molecule has 2 unspecified atom stereocenters. The van der Waals surface area contributed by atoms with Crippen LogP contribution in [0.1, 0.15) is 48.0 Å². The maximum Gasteiger partial charge on any atom is 0.0597 e. The van der Waals surface area contributed by atoms with Crippen LogP contribution in [0.4, 0.5) is 0 Å². The maximum absolute atomic E-state index is 9.67. The molecule has 0 bridgehead atoms. The molecule has 1 aliphatic carbocycles. The summed E-state index contributed by atoms with van der Waals surface area (Å²) in [6, 6.07) is 0. The Labute approximate surface area is 100 Å². The van der Waals surface area contributed by atoms with Gasteiger partial charge in [0.2, 0.25) is 0 Å². The van der Waals surface area contributed by atoms with Gasteiger partial charge < -0.3 is 5.11 Å². The van der Waals surface area contributed by atoms with Gasteiger partial charge in [-0.25, -0.2) is 0 Å². The van der Waals surface area contributed by atoms with Gasteiger partial charge in [-0.05, 0) is 30.3 Å². The highest BCUT2D eigenvalue weighted by Gasteiger charge is 2.33. The lowest BCUT2D eigenvalue weighted by atomic mass is 9.77. The molecule has 1 aliphatic rings. The highest BCUT2D eigenvalue weighted by molar-refractivity contribution is 5.31. The molecule has 1 N–H and O–H groups in total. The molecule has 0 saturated carbocycles. The molecular formula is C15H26O. The van der Waals surface area contributed by atoms with Crippen LogP contribution in [0.3, 0.4) is 0 Å². The Morgan fingerprint density at radius 1 is 1.50 bits per heavy atom. The predicted molar refractivity (Wildman–Crippen MR) is 70.2 cm³/mol. The van der Waals surface area contributed by atoms with Crippen LogP contribution in [0.2, 0.25) is 0 Å². The summed E-state index contributed by atoms with van der Waals surface area (Å²) in [6.07, 6.45) is 7.53. The molecule has 1 nitrogen and oxygen atoms in total. The van der Waals surface area contributed by atoms with Crippen molar-refractivity contribution >= 4 is 0 Å². The van der Waals surface area contributed by atoms with Crippen molar-refractivity contribution in [3.63, 3.8) is 0 Å². The Morgan fingerprint density at radius 3 is 2.44 bits per heavy atom. The minimum atomic E-state index is -0.314. The van der Waals surface area contributed by atoms with Gasteiger partial charge in [-0.15, -0.1) is 0 Å². The molecule has 0 amide bonds. The summed E-state index contributed by atoms with van der Waals surface area (Å²) in [5.41, 5.74) is 1.53. The molecule has 92 valence electrons. The van der Waals surface area contributed by atoms with Crippen molar-refractivity contribution in [1.82, 2.24) is 0 Å². The summed E-state index contributed by atoms with van der Waals surface area (Å²) in [5.74, 6) is 0.710.